The van der Waals surface area contributed by atoms with Gasteiger partial charge in [-0.25, -0.2) is 0 Å². The highest BCUT2D eigenvalue weighted by Gasteiger charge is 2.12. The summed E-state index contributed by atoms with van der Waals surface area (Å²) in [6, 6.07) is 0. The second-order valence-electron chi connectivity index (χ2n) is 4.84. The van der Waals surface area contributed by atoms with Crippen LogP contribution in [0.3, 0.4) is 0 Å². The summed E-state index contributed by atoms with van der Waals surface area (Å²) in [7, 11) is 1.57. The molecule has 0 saturated heterocycles. The van der Waals surface area contributed by atoms with Gasteiger partial charge in [0.1, 0.15) is 6.61 Å². The third-order valence-corrected chi connectivity index (χ3v) is 1.94. The van der Waals surface area contributed by atoms with Crippen molar-refractivity contribution in [2.75, 3.05) is 33.4 Å². The van der Waals surface area contributed by atoms with Crippen LogP contribution in [-0.4, -0.2) is 50.8 Å². The predicted octanol–water partition coefficient (Wildman–Crippen LogP) is 0.0704. The average molecular weight is 260 g/mol. The highest BCUT2D eigenvalue weighted by Crippen LogP contribution is 2.05. The lowest BCUT2D eigenvalue weighted by Crippen LogP contribution is -2.35. The molecule has 2 amide bonds. The van der Waals surface area contributed by atoms with Crippen LogP contribution < -0.4 is 10.6 Å². The number of hydrogen-bond acceptors (Lipinski definition) is 4. The molecule has 0 aliphatic rings. The maximum absolute atomic E-state index is 11.3. The van der Waals surface area contributed by atoms with Crippen LogP contribution in [0.5, 0.6) is 0 Å². The molecule has 0 heterocycles. The molecule has 18 heavy (non-hydrogen) atoms. The van der Waals surface area contributed by atoms with E-state index in [-0.39, 0.29) is 30.4 Å². The van der Waals surface area contributed by atoms with Gasteiger partial charge in [0.2, 0.25) is 11.8 Å². The molecule has 0 radical (unpaired) electrons. The van der Waals surface area contributed by atoms with E-state index in [9.17, 15) is 9.59 Å². The normalized spacial score (nSPS) is 11.1. The molecule has 0 aliphatic heterocycles. The fourth-order valence-electron chi connectivity index (χ4n) is 1.03. The Balaban J connectivity index is 3.53. The summed E-state index contributed by atoms with van der Waals surface area (Å²) in [5, 5.41) is 5.29. The van der Waals surface area contributed by atoms with Gasteiger partial charge < -0.3 is 20.1 Å². The number of rotatable bonds is 8. The molecule has 0 aliphatic carbocycles. The molecule has 0 spiro atoms. The Kier molecular flexibility index (Phi) is 8.32. The molecule has 0 aromatic rings. The molecule has 0 atom stereocenters. The van der Waals surface area contributed by atoms with E-state index < -0.39 is 0 Å². The van der Waals surface area contributed by atoms with Crippen molar-refractivity contribution in [1.82, 2.24) is 10.6 Å². The van der Waals surface area contributed by atoms with Crippen molar-refractivity contribution in [1.29, 1.82) is 0 Å². The van der Waals surface area contributed by atoms with Crippen LogP contribution in [0.1, 0.15) is 27.2 Å². The Morgan fingerprint density at radius 3 is 2.22 bits per heavy atom. The van der Waals surface area contributed by atoms with Crippen LogP contribution in [0.15, 0.2) is 0 Å². The van der Waals surface area contributed by atoms with Gasteiger partial charge in [-0.3, -0.25) is 9.59 Å². The minimum atomic E-state index is -0.338. The van der Waals surface area contributed by atoms with E-state index in [1.807, 2.05) is 20.8 Å². The van der Waals surface area contributed by atoms with Crippen molar-refractivity contribution in [2.24, 2.45) is 0 Å². The van der Waals surface area contributed by atoms with Crippen LogP contribution >= 0.6 is 0 Å². The fourth-order valence-corrected chi connectivity index (χ4v) is 1.03. The first-order valence-electron chi connectivity index (χ1n) is 6.01. The van der Waals surface area contributed by atoms with Crippen LogP contribution in [0.4, 0.5) is 0 Å². The summed E-state index contributed by atoms with van der Waals surface area (Å²) < 4.78 is 10.1. The van der Waals surface area contributed by atoms with Crippen molar-refractivity contribution in [3.63, 3.8) is 0 Å². The van der Waals surface area contributed by atoms with Crippen LogP contribution in [0.25, 0.3) is 0 Å². The number of hydrogen-bond donors (Lipinski definition) is 2. The summed E-state index contributed by atoms with van der Waals surface area (Å²) in [5.41, 5.74) is -0.338. The first-order valence-corrected chi connectivity index (χ1v) is 6.01. The van der Waals surface area contributed by atoms with Gasteiger partial charge in [0.15, 0.2) is 0 Å². The van der Waals surface area contributed by atoms with E-state index in [1.165, 1.54) is 0 Å². The third-order valence-electron chi connectivity index (χ3n) is 1.94. The first kappa shape index (κ1) is 16.9. The number of ether oxygens (including phenoxy) is 2. The zero-order chi connectivity index (χ0) is 14.0. The Morgan fingerprint density at radius 2 is 1.67 bits per heavy atom. The minimum absolute atomic E-state index is 0.00872. The van der Waals surface area contributed by atoms with Crippen LogP contribution in [0, 0.1) is 0 Å². The number of nitrogens with one attached hydrogen (secondary N) is 2. The zero-order valence-corrected chi connectivity index (χ0v) is 11.7. The van der Waals surface area contributed by atoms with E-state index in [1.54, 1.807) is 7.11 Å². The van der Waals surface area contributed by atoms with Gasteiger partial charge in [-0.05, 0) is 20.8 Å². The van der Waals surface area contributed by atoms with Gasteiger partial charge in [0.25, 0.3) is 0 Å². The average Bonchev–Trinajstić information content (AvgIpc) is 2.26. The van der Waals surface area contributed by atoms with Gasteiger partial charge in [-0.1, -0.05) is 0 Å². The van der Waals surface area contributed by atoms with Gasteiger partial charge in [-0.2, -0.15) is 0 Å². The second kappa shape index (κ2) is 8.88. The minimum Gasteiger partial charge on any atom is -0.383 e. The Hall–Kier alpha value is -1.14. The Bertz CT molecular complexity index is 261. The van der Waals surface area contributed by atoms with Crippen molar-refractivity contribution in [3.05, 3.63) is 0 Å². The number of amides is 2. The maximum atomic E-state index is 11.3. The third kappa shape index (κ3) is 11.3. The van der Waals surface area contributed by atoms with Gasteiger partial charge in [-0.15, -0.1) is 0 Å². The number of carbonyl (C=O) groups excluding carboxylic acids is 2. The van der Waals surface area contributed by atoms with Crippen molar-refractivity contribution in [3.8, 4) is 0 Å². The number of methoxy groups -OCH3 is 1. The monoisotopic (exact) mass is 260 g/mol. The van der Waals surface area contributed by atoms with E-state index in [0.717, 1.165) is 0 Å². The lowest BCUT2D eigenvalue weighted by molar-refractivity contribution is -0.130. The molecule has 0 aromatic carbocycles. The summed E-state index contributed by atoms with van der Waals surface area (Å²) in [6.07, 6.45) is 0.255. The van der Waals surface area contributed by atoms with Gasteiger partial charge in [0.05, 0.1) is 12.2 Å². The van der Waals surface area contributed by atoms with Crippen LogP contribution in [-0.2, 0) is 19.1 Å². The lowest BCUT2D eigenvalue weighted by Gasteiger charge is -2.18. The molecule has 0 bridgehead atoms. The topological polar surface area (TPSA) is 76.7 Å². The van der Waals surface area contributed by atoms with E-state index in [0.29, 0.717) is 19.7 Å². The maximum Gasteiger partial charge on any atom is 0.246 e. The molecule has 0 aromatic heterocycles. The molecule has 0 unspecified atom stereocenters. The standard InChI is InChI=1S/C12H24N2O4/c1-12(2,3)18-9-11(16)13-6-5-10(15)14-7-8-17-4/h5-9H2,1-4H3,(H,13,16)(H,14,15). The molecule has 6 heteroatoms. The smallest absolute Gasteiger partial charge is 0.246 e. The quantitative estimate of drug-likeness (QED) is 0.606. The van der Waals surface area contributed by atoms with E-state index >= 15 is 0 Å². The molecular formula is C12H24N2O4. The largest absolute Gasteiger partial charge is 0.383 e. The predicted molar refractivity (Wildman–Crippen MR) is 68.2 cm³/mol. The summed E-state index contributed by atoms with van der Waals surface area (Å²) >= 11 is 0. The molecule has 106 valence electrons. The van der Waals surface area contributed by atoms with Crippen molar-refractivity contribution in [2.45, 2.75) is 32.8 Å². The molecule has 0 rings (SSSR count). The van der Waals surface area contributed by atoms with Crippen molar-refractivity contribution >= 4 is 11.8 Å². The van der Waals surface area contributed by atoms with Crippen LogP contribution in [0.2, 0.25) is 0 Å². The molecule has 6 nitrogen and oxygen atoms in total. The molecule has 2 N–H and O–H groups in total. The van der Waals surface area contributed by atoms with Gasteiger partial charge in [0, 0.05) is 26.6 Å². The second-order valence-corrected chi connectivity index (χ2v) is 4.84. The first-order chi connectivity index (χ1) is 8.35. The lowest BCUT2D eigenvalue weighted by atomic mass is 10.2. The molecule has 0 saturated carbocycles. The highest BCUT2D eigenvalue weighted by atomic mass is 16.5. The van der Waals surface area contributed by atoms with Crippen molar-refractivity contribution < 1.29 is 19.1 Å². The molecular weight excluding hydrogens is 236 g/mol. The van der Waals surface area contributed by atoms with E-state index in [2.05, 4.69) is 10.6 Å². The Morgan fingerprint density at radius 1 is 1.06 bits per heavy atom. The van der Waals surface area contributed by atoms with E-state index in [4.69, 9.17) is 9.47 Å². The Labute approximate surface area is 108 Å². The SMILES string of the molecule is COCCNC(=O)CCNC(=O)COC(C)(C)C. The summed E-state index contributed by atoms with van der Waals surface area (Å²) in [5.74, 6) is -0.321. The molecule has 0 fully saturated rings. The highest BCUT2D eigenvalue weighted by molar-refractivity contribution is 5.79. The summed E-state index contributed by atoms with van der Waals surface area (Å²) in [6.45, 7) is 6.92. The zero-order valence-electron chi connectivity index (χ0n) is 11.7. The fraction of sp³-hybridized carbons (Fsp3) is 0.833. The van der Waals surface area contributed by atoms with Gasteiger partial charge >= 0.3 is 0 Å². The summed E-state index contributed by atoms with van der Waals surface area (Å²) in [4.78, 5) is 22.6. The number of carbonyl (C=O) groups is 2.